The lowest BCUT2D eigenvalue weighted by atomic mass is 9.82. The molecule has 0 aromatic heterocycles. The zero-order chi connectivity index (χ0) is 12.6. The van der Waals surface area contributed by atoms with Crippen molar-refractivity contribution in [3.8, 4) is 0 Å². The minimum atomic E-state index is -0.662. The molecular weight excluding hydrogens is 220 g/mol. The molecule has 2 fully saturated rings. The Kier molecular flexibility index (Phi) is 3.15. The van der Waals surface area contributed by atoms with E-state index in [0.717, 1.165) is 25.7 Å². The van der Waals surface area contributed by atoms with Crippen molar-refractivity contribution in [2.75, 3.05) is 0 Å². The molecule has 0 bridgehead atoms. The second-order valence-corrected chi connectivity index (χ2v) is 5.96. The maximum Gasteiger partial charge on any atom is 0.348 e. The van der Waals surface area contributed by atoms with E-state index in [1.54, 1.807) is 0 Å². The fourth-order valence-corrected chi connectivity index (χ4v) is 2.64. The Labute approximate surface area is 102 Å². The van der Waals surface area contributed by atoms with Crippen molar-refractivity contribution in [1.29, 1.82) is 0 Å². The monoisotopic (exact) mass is 240 g/mol. The molecule has 1 heterocycles. The highest BCUT2D eigenvalue weighted by atomic mass is 16.6. The molecule has 0 unspecified atom stereocenters. The predicted octanol–water partition coefficient (Wildman–Crippen LogP) is 2.06. The van der Waals surface area contributed by atoms with Gasteiger partial charge in [-0.1, -0.05) is 12.8 Å². The molecule has 1 aliphatic carbocycles. The van der Waals surface area contributed by atoms with E-state index in [1.807, 2.05) is 20.8 Å². The van der Waals surface area contributed by atoms with E-state index in [0.29, 0.717) is 5.92 Å². The summed E-state index contributed by atoms with van der Waals surface area (Å²) in [5.41, 5.74) is -0.528. The van der Waals surface area contributed by atoms with Crippen LogP contribution >= 0.6 is 0 Å². The van der Waals surface area contributed by atoms with Crippen molar-refractivity contribution >= 4 is 11.9 Å². The summed E-state index contributed by atoms with van der Waals surface area (Å²) in [6.07, 6.45) is 3.69. The molecule has 96 valence electrons. The number of carbonyl (C=O) groups is 2. The average molecular weight is 240 g/mol. The van der Waals surface area contributed by atoms with Gasteiger partial charge in [0.1, 0.15) is 11.5 Å². The minimum absolute atomic E-state index is 0.229. The Hall–Kier alpha value is -1.06. The predicted molar refractivity (Wildman–Crippen MR) is 61.2 cm³/mol. The van der Waals surface area contributed by atoms with Gasteiger partial charge in [0.15, 0.2) is 0 Å². The van der Waals surface area contributed by atoms with Crippen LogP contribution in [0.2, 0.25) is 0 Å². The van der Waals surface area contributed by atoms with Gasteiger partial charge in [-0.25, -0.2) is 4.79 Å². The van der Waals surface area contributed by atoms with E-state index >= 15 is 0 Å². The van der Waals surface area contributed by atoms with Crippen LogP contribution in [0, 0.1) is 11.8 Å². The van der Waals surface area contributed by atoms with E-state index in [9.17, 15) is 9.59 Å². The third-order valence-electron chi connectivity index (χ3n) is 3.39. The van der Waals surface area contributed by atoms with Crippen LogP contribution in [0.1, 0.15) is 46.5 Å². The zero-order valence-corrected chi connectivity index (χ0v) is 10.7. The standard InChI is InChI=1S/C13H20O4/c1-13(2,3)17-12(15)10-9(11(14)16-10)8-6-4-5-7-8/h8-10H,4-7H2,1-3H3/t9-,10-/m0/s1. The van der Waals surface area contributed by atoms with Gasteiger partial charge in [-0.2, -0.15) is 0 Å². The molecule has 0 amide bonds. The summed E-state index contributed by atoms with van der Waals surface area (Å²) in [6, 6.07) is 0. The molecule has 0 N–H and O–H groups in total. The van der Waals surface area contributed by atoms with Crippen LogP contribution in [0.3, 0.4) is 0 Å². The van der Waals surface area contributed by atoms with Crippen molar-refractivity contribution in [3.05, 3.63) is 0 Å². The summed E-state index contributed by atoms with van der Waals surface area (Å²) < 4.78 is 10.2. The quantitative estimate of drug-likeness (QED) is 0.693. The van der Waals surface area contributed by atoms with Gasteiger partial charge in [0.2, 0.25) is 6.10 Å². The van der Waals surface area contributed by atoms with Crippen LogP contribution in [0.15, 0.2) is 0 Å². The number of ether oxygens (including phenoxy) is 2. The van der Waals surface area contributed by atoms with Crippen LogP contribution in [-0.4, -0.2) is 23.6 Å². The highest BCUT2D eigenvalue weighted by Gasteiger charge is 2.53. The number of esters is 2. The fourth-order valence-electron chi connectivity index (χ4n) is 2.64. The largest absolute Gasteiger partial charge is 0.457 e. The van der Waals surface area contributed by atoms with Crippen LogP contribution < -0.4 is 0 Å². The van der Waals surface area contributed by atoms with Gasteiger partial charge < -0.3 is 9.47 Å². The molecule has 4 heteroatoms. The molecule has 4 nitrogen and oxygen atoms in total. The summed E-state index contributed by atoms with van der Waals surface area (Å²) in [6.45, 7) is 5.45. The van der Waals surface area contributed by atoms with Crippen LogP contribution in [-0.2, 0) is 19.1 Å². The maximum atomic E-state index is 11.9. The summed E-state index contributed by atoms with van der Waals surface area (Å²) in [5, 5.41) is 0. The summed E-state index contributed by atoms with van der Waals surface area (Å²) in [5.74, 6) is -0.567. The van der Waals surface area contributed by atoms with Crippen LogP contribution in [0.5, 0.6) is 0 Å². The zero-order valence-electron chi connectivity index (χ0n) is 10.7. The van der Waals surface area contributed by atoms with Crippen LogP contribution in [0.25, 0.3) is 0 Å². The van der Waals surface area contributed by atoms with Crippen molar-refractivity contribution in [1.82, 2.24) is 0 Å². The molecule has 0 radical (unpaired) electrons. The Morgan fingerprint density at radius 1 is 1.29 bits per heavy atom. The second kappa shape index (κ2) is 4.31. The Balaban J connectivity index is 1.97. The van der Waals surface area contributed by atoms with Gasteiger partial charge in [0, 0.05) is 0 Å². The van der Waals surface area contributed by atoms with Crippen molar-refractivity contribution < 1.29 is 19.1 Å². The first-order valence-electron chi connectivity index (χ1n) is 6.32. The minimum Gasteiger partial charge on any atom is -0.457 e. The number of cyclic esters (lactones) is 1. The lowest BCUT2D eigenvalue weighted by Crippen LogP contribution is -2.54. The highest BCUT2D eigenvalue weighted by Crippen LogP contribution is 2.40. The van der Waals surface area contributed by atoms with E-state index in [-0.39, 0.29) is 11.9 Å². The SMILES string of the molecule is CC(C)(C)OC(=O)[C@H]1OC(=O)[C@H]1C1CCCC1. The first-order chi connectivity index (χ1) is 7.88. The Bertz CT molecular complexity index is 323. The Morgan fingerprint density at radius 3 is 2.35 bits per heavy atom. The summed E-state index contributed by atoms with van der Waals surface area (Å²) in [7, 11) is 0. The van der Waals surface area contributed by atoms with Crippen molar-refractivity contribution in [2.45, 2.75) is 58.2 Å². The number of hydrogen-bond donors (Lipinski definition) is 0. The number of rotatable bonds is 2. The molecule has 1 saturated carbocycles. The highest BCUT2D eigenvalue weighted by molar-refractivity contribution is 5.91. The van der Waals surface area contributed by atoms with Crippen molar-refractivity contribution in [3.63, 3.8) is 0 Å². The molecular formula is C13H20O4. The van der Waals surface area contributed by atoms with Gasteiger partial charge in [-0.15, -0.1) is 0 Å². The van der Waals surface area contributed by atoms with Gasteiger partial charge in [0.05, 0.1) is 0 Å². The lowest BCUT2D eigenvalue weighted by molar-refractivity contribution is -0.208. The molecule has 0 aromatic rings. The first kappa shape index (κ1) is 12.4. The molecule has 1 aliphatic heterocycles. The number of hydrogen-bond acceptors (Lipinski definition) is 4. The van der Waals surface area contributed by atoms with Gasteiger partial charge in [0.25, 0.3) is 0 Å². The second-order valence-electron chi connectivity index (χ2n) is 5.96. The molecule has 0 aromatic carbocycles. The van der Waals surface area contributed by atoms with Crippen LogP contribution in [0.4, 0.5) is 0 Å². The van der Waals surface area contributed by atoms with Gasteiger partial charge in [-0.3, -0.25) is 4.79 Å². The molecule has 0 spiro atoms. The lowest BCUT2D eigenvalue weighted by Gasteiger charge is -2.38. The Morgan fingerprint density at radius 2 is 1.88 bits per heavy atom. The summed E-state index contributed by atoms with van der Waals surface area (Å²) >= 11 is 0. The van der Waals surface area contributed by atoms with E-state index in [1.165, 1.54) is 0 Å². The maximum absolute atomic E-state index is 11.9. The number of carbonyl (C=O) groups excluding carboxylic acids is 2. The van der Waals surface area contributed by atoms with E-state index in [4.69, 9.17) is 9.47 Å². The molecule has 17 heavy (non-hydrogen) atoms. The van der Waals surface area contributed by atoms with E-state index in [2.05, 4.69) is 0 Å². The average Bonchev–Trinajstić information content (AvgIpc) is 2.63. The van der Waals surface area contributed by atoms with Crippen molar-refractivity contribution in [2.24, 2.45) is 11.8 Å². The van der Waals surface area contributed by atoms with Gasteiger partial charge >= 0.3 is 11.9 Å². The van der Waals surface area contributed by atoms with E-state index < -0.39 is 17.7 Å². The third kappa shape index (κ3) is 2.61. The summed E-state index contributed by atoms with van der Waals surface area (Å²) in [4.78, 5) is 23.3. The molecule has 2 rings (SSSR count). The van der Waals surface area contributed by atoms with Gasteiger partial charge in [-0.05, 0) is 39.5 Å². The molecule has 2 aliphatic rings. The third-order valence-corrected chi connectivity index (χ3v) is 3.39. The topological polar surface area (TPSA) is 52.6 Å². The first-order valence-corrected chi connectivity index (χ1v) is 6.32. The normalized spacial score (nSPS) is 29.7. The molecule has 2 atom stereocenters. The molecule has 1 saturated heterocycles. The fraction of sp³-hybridized carbons (Fsp3) is 0.846. The smallest absolute Gasteiger partial charge is 0.348 e.